The summed E-state index contributed by atoms with van der Waals surface area (Å²) in [6.45, 7) is 3.36. The van der Waals surface area contributed by atoms with Gasteiger partial charge in [-0.1, -0.05) is 0 Å². The zero-order chi connectivity index (χ0) is 15.3. The van der Waals surface area contributed by atoms with Crippen molar-refractivity contribution in [3.8, 4) is 0 Å². The molecule has 3 N–H and O–H groups in total. The Morgan fingerprint density at radius 1 is 1.29 bits per heavy atom. The first-order valence-corrected chi connectivity index (χ1v) is 8.03. The number of aromatic amines is 1. The molecule has 1 heterocycles. The summed E-state index contributed by atoms with van der Waals surface area (Å²) in [5.41, 5.74) is 1.39. The second-order valence-corrected chi connectivity index (χ2v) is 6.03. The van der Waals surface area contributed by atoms with Crippen molar-refractivity contribution < 1.29 is 13.5 Å². The minimum Gasteiger partial charge on any atom is -0.395 e. The highest BCUT2D eigenvalue weighted by Crippen LogP contribution is 2.19. The molecule has 0 unspecified atom stereocenters. The molecule has 1 aromatic heterocycles. The van der Waals surface area contributed by atoms with Crippen molar-refractivity contribution in [1.82, 2.24) is 10.2 Å². The lowest BCUT2D eigenvalue weighted by molar-refractivity contribution is 0.302. The van der Waals surface area contributed by atoms with E-state index in [1.165, 1.54) is 12.3 Å². The smallest absolute Gasteiger partial charge is 0.278 e. The maximum atomic E-state index is 12.0. The maximum Gasteiger partial charge on any atom is 0.278 e. The Balaban J connectivity index is 2.13. The summed E-state index contributed by atoms with van der Waals surface area (Å²) in [6.07, 6.45) is 1.38. The molecule has 0 fully saturated rings. The summed E-state index contributed by atoms with van der Waals surface area (Å²) in [5, 5.41) is 15.1. The van der Waals surface area contributed by atoms with Crippen LogP contribution in [0.5, 0.6) is 0 Å². The van der Waals surface area contributed by atoms with Crippen LogP contribution in [0.1, 0.15) is 6.92 Å². The molecule has 8 heteroatoms. The van der Waals surface area contributed by atoms with Crippen LogP contribution >= 0.6 is 0 Å². The summed E-state index contributed by atoms with van der Waals surface area (Å²) in [5.74, 6) is 0. The van der Waals surface area contributed by atoms with E-state index in [1.54, 1.807) is 12.1 Å². The molecule has 0 aliphatic heterocycles. The number of anilines is 2. The third kappa shape index (κ3) is 3.73. The van der Waals surface area contributed by atoms with E-state index < -0.39 is 10.0 Å². The number of hydrogen-bond donors (Lipinski definition) is 3. The van der Waals surface area contributed by atoms with Gasteiger partial charge in [0.25, 0.3) is 10.0 Å². The third-order valence-electron chi connectivity index (χ3n) is 3.00. The first kappa shape index (κ1) is 15.3. The van der Waals surface area contributed by atoms with E-state index in [1.807, 2.05) is 24.0 Å². The second-order valence-electron chi connectivity index (χ2n) is 4.38. The summed E-state index contributed by atoms with van der Waals surface area (Å²) in [6, 6.07) is 8.37. The number of likely N-dealkylation sites (N-methyl/N-ethyl adjacent to an activating group) is 1. The van der Waals surface area contributed by atoms with Crippen LogP contribution in [0.4, 0.5) is 11.4 Å². The summed E-state index contributed by atoms with van der Waals surface area (Å²) < 4.78 is 26.5. The van der Waals surface area contributed by atoms with E-state index in [0.29, 0.717) is 12.2 Å². The quantitative estimate of drug-likeness (QED) is 0.709. The number of aliphatic hydroxyl groups excluding tert-OH is 1. The van der Waals surface area contributed by atoms with Crippen molar-refractivity contribution in [2.45, 2.75) is 11.9 Å². The Hall–Kier alpha value is -2.06. The lowest BCUT2D eigenvalue weighted by Crippen LogP contribution is -2.26. The van der Waals surface area contributed by atoms with E-state index in [9.17, 15) is 8.42 Å². The van der Waals surface area contributed by atoms with E-state index in [-0.39, 0.29) is 11.6 Å². The number of nitrogens with one attached hydrogen (secondary N) is 2. The van der Waals surface area contributed by atoms with Gasteiger partial charge in [0.1, 0.15) is 0 Å². The first-order valence-electron chi connectivity index (χ1n) is 6.55. The van der Waals surface area contributed by atoms with Crippen LogP contribution in [0.2, 0.25) is 0 Å². The summed E-state index contributed by atoms with van der Waals surface area (Å²) in [7, 11) is -3.64. The van der Waals surface area contributed by atoms with Gasteiger partial charge in [-0.05, 0) is 37.3 Å². The van der Waals surface area contributed by atoms with Gasteiger partial charge in [-0.2, -0.15) is 13.5 Å². The monoisotopic (exact) mass is 310 g/mol. The Morgan fingerprint density at radius 3 is 2.52 bits per heavy atom. The van der Waals surface area contributed by atoms with Crippen molar-refractivity contribution in [2.75, 3.05) is 29.3 Å². The molecule has 21 heavy (non-hydrogen) atoms. The first-order chi connectivity index (χ1) is 10.1. The average Bonchev–Trinajstić information content (AvgIpc) is 3.00. The fourth-order valence-corrected chi connectivity index (χ4v) is 2.90. The van der Waals surface area contributed by atoms with Crippen LogP contribution in [0.15, 0.2) is 41.6 Å². The van der Waals surface area contributed by atoms with Crippen molar-refractivity contribution in [2.24, 2.45) is 0 Å². The predicted octanol–water partition coefficient (Wildman–Crippen LogP) is 1.03. The molecule has 0 saturated heterocycles. The van der Waals surface area contributed by atoms with Crippen LogP contribution in [-0.4, -0.2) is 43.4 Å². The number of rotatable bonds is 7. The van der Waals surface area contributed by atoms with E-state index >= 15 is 0 Å². The molecule has 0 aliphatic rings. The molecule has 0 spiro atoms. The van der Waals surface area contributed by atoms with Gasteiger partial charge in [-0.25, -0.2) is 0 Å². The van der Waals surface area contributed by atoms with Gasteiger partial charge in [0, 0.05) is 24.5 Å². The highest BCUT2D eigenvalue weighted by Gasteiger charge is 2.15. The van der Waals surface area contributed by atoms with Crippen LogP contribution in [0.3, 0.4) is 0 Å². The average molecular weight is 310 g/mol. The topological polar surface area (TPSA) is 98.3 Å². The van der Waals surface area contributed by atoms with Crippen molar-refractivity contribution >= 4 is 21.4 Å². The van der Waals surface area contributed by atoms with Gasteiger partial charge in [-0.15, -0.1) is 0 Å². The minimum atomic E-state index is -3.64. The molecule has 0 saturated carbocycles. The van der Waals surface area contributed by atoms with Gasteiger partial charge in [0.2, 0.25) is 0 Å². The maximum absolute atomic E-state index is 12.0. The fraction of sp³-hybridized carbons (Fsp3) is 0.308. The molecule has 114 valence electrons. The summed E-state index contributed by atoms with van der Waals surface area (Å²) >= 11 is 0. The van der Waals surface area contributed by atoms with Crippen LogP contribution in [-0.2, 0) is 10.0 Å². The number of sulfonamides is 1. The molecular formula is C13H18N4O3S. The molecule has 2 aromatic rings. The molecule has 0 bridgehead atoms. The van der Waals surface area contributed by atoms with Gasteiger partial charge in [0.05, 0.1) is 12.8 Å². The van der Waals surface area contributed by atoms with Gasteiger partial charge in [-0.3, -0.25) is 9.82 Å². The molecule has 0 aliphatic carbocycles. The van der Waals surface area contributed by atoms with Crippen molar-refractivity contribution in [3.05, 3.63) is 36.5 Å². The highest BCUT2D eigenvalue weighted by molar-refractivity contribution is 7.92. The molecule has 0 atom stereocenters. The Morgan fingerprint density at radius 2 is 2.00 bits per heavy atom. The number of hydrogen-bond acceptors (Lipinski definition) is 5. The lowest BCUT2D eigenvalue weighted by Gasteiger charge is -2.22. The molecule has 0 radical (unpaired) electrons. The molecule has 0 amide bonds. The Kier molecular flexibility index (Phi) is 4.81. The van der Waals surface area contributed by atoms with Crippen molar-refractivity contribution in [3.63, 3.8) is 0 Å². The van der Waals surface area contributed by atoms with E-state index in [0.717, 1.165) is 12.2 Å². The number of benzene rings is 1. The minimum absolute atomic E-state index is 0.0158. The number of aromatic nitrogens is 2. The molecule has 7 nitrogen and oxygen atoms in total. The zero-order valence-corrected chi connectivity index (χ0v) is 12.5. The largest absolute Gasteiger partial charge is 0.395 e. The molecule has 1 aromatic carbocycles. The predicted molar refractivity (Wildman–Crippen MR) is 80.8 cm³/mol. The van der Waals surface area contributed by atoms with Crippen LogP contribution < -0.4 is 9.62 Å². The number of aliphatic hydroxyl groups is 1. The third-order valence-corrected chi connectivity index (χ3v) is 4.31. The van der Waals surface area contributed by atoms with Gasteiger partial charge < -0.3 is 10.0 Å². The molecular weight excluding hydrogens is 292 g/mol. The van der Waals surface area contributed by atoms with Crippen molar-refractivity contribution in [1.29, 1.82) is 0 Å². The zero-order valence-electron chi connectivity index (χ0n) is 11.7. The van der Waals surface area contributed by atoms with Gasteiger partial charge in [0.15, 0.2) is 5.03 Å². The van der Waals surface area contributed by atoms with Crippen LogP contribution in [0, 0.1) is 0 Å². The van der Waals surface area contributed by atoms with Crippen LogP contribution in [0.25, 0.3) is 0 Å². The number of H-pyrrole nitrogens is 1. The fourth-order valence-electron chi connectivity index (χ4n) is 1.93. The Labute approximate surface area is 123 Å². The molecule has 2 rings (SSSR count). The van der Waals surface area contributed by atoms with Gasteiger partial charge >= 0.3 is 0 Å². The standard InChI is InChI=1S/C13H18N4O3S/c1-2-17(9-10-18)12-5-3-11(4-6-12)16-21(19,20)13-7-8-14-15-13/h3-8,16,18H,2,9-10H2,1H3,(H,14,15). The summed E-state index contributed by atoms with van der Waals surface area (Å²) in [4.78, 5) is 1.99. The second kappa shape index (κ2) is 6.59. The lowest BCUT2D eigenvalue weighted by atomic mass is 10.2. The highest BCUT2D eigenvalue weighted by atomic mass is 32.2. The SMILES string of the molecule is CCN(CCO)c1ccc(NS(=O)(=O)c2ccn[nH]2)cc1. The Bertz CT molecular complexity index is 653. The number of nitrogens with zero attached hydrogens (tertiary/aromatic N) is 2. The van der Waals surface area contributed by atoms with E-state index in [4.69, 9.17) is 5.11 Å². The normalized spacial score (nSPS) is 11.3. The van der Waals surface area contributed by atoms with E-state index in [2.05, 4.69) is 14.9 Å².